The van der Waals surface area contributed by atoms with Gasteiger partial charge < -0.3 is 0 Å². The number of hydrogen-bond donors (Lipinski definition) is 0. The molecule has 0 aromatic rings. The first-order chi connectivity index (χ1) is 16.4. The zero-order valence-corrected chi connectivity index (χ0v) is 25.9. The second kappa shape index (κ2) is 20.6. The van der Waals surface area contributed by atoms with Gasteiger partial charge in [0.15, 0.2) is 0 Å². The molecule has 0 aliphatic carbocycles. The Hall–Kier alpha value is 0.540. The Labute approximate surface area is 214 Å². The van der Waals surface area contributed by atoms with Crippen molar-refractivity contribution in [2.75, 3.05) is 38.9 Å². The second-order valence-corrected chi connectivity index (χ2v) is 18.5. The average Bonchev–Trinajstić information content (AvgIpc) is 2.86. The van der Waals surface area contributed by atoms with Crippen LogP contribution in [0.2, 0.25) is 0 Å². The van der Waals surface area contributed by atoms with Crippen molar-refractivity contribution in [1.82, 2.24) is 0 Å². The van der Waals surface area contributed by atoms with Crippen molar-refractivity contribution < 1.29 is 17.9 Å². The van der Waals surface area contributed by atoms with E-state index in [0.29, 0.717) is 0 Å². The molecule has 0 atom stereocenters. The summed E-state index contributed by atoms with van der Waals surface area (Å²) in [5, 5.41) is 0. The zero-order chi connectivity index (χ0) is 25.6. The quantitative estimate of drug-likeness (QED) is 0.0833. The van der Waals surface area contributed by atoms with Gasteiger partial charge in [-0.1, -0.05) is 0 Å². The summed E-state index contributed by atoms with van der Waals surface area (Å²) in [5.74, 6) is 0. The molecule has 0 aliphatic rings. The van der Waals surface area contributed by atoms with E-state index in [1.165, 1.54) is 130 Å². The fourth-order valence-corrected chi connectivity index (χ4v) is 14.4. The molecule has 0 N–H and O–H groups in total. The predicted molar refractivity (Wildman–Crippen MR) is 155 cm³/mol. The van der Waals surface area contributed by atoms with Gasteiger partial charge in [-0.05, 0) is 0 Å². The summed E-state index contributed by atoms with van der Waals surface area (Å²) < 4.78 is 31.0. The number of phosphoric acid groups is 1. The van der Waals surface area contributed by atoms with Crippen molar-refractivity contribution in [2.45, 2.75) is 143 Å². The maximum atomic E-state index is 13.4. The van der Waals surface area contributed by atoms with Gasteiger partial charge in [0, 0.05) is 0 Å². The maximum absolute atomic E-state index is 13.4. The van der Waals surface area contributed by atoms with Gasteiger partial charge in [-0.3, -0.25) is 0 Å². The molecule has 4 nitrogen and oxygen atoms in total. The van der Waals surface area contributed by atoms with E-state index < -0.39 is 14.7 Å². The van der Waals surface area contributed by atoms with Crippen molar-refractivity contribution in [1.29, 1.82) is 0 Å². The average molecular weight is 525 g/mol. The predicted octanol–water partition coefficient (Wildman–Crippen LogP) is 11.0. The third kappa shape index (κ3) is 14.3. The van der Waals surface area contributed by atoms with Crippen LogP contribution in [0.3, 0.4) is 0 Å². The van der Waals surface area contributed by atoms with Gasteiger partial charge in [0.2, 0.25) is 0 Å². The van der Waals surface area contributed by atoms with E-state index in [4.69, 9.17) is 13.4 Å². The minimum atomic E-state index is -3.53. The summed E-state index contributed by atoms with van der Waals surface area (Å²) in [6.45, 7) is 6.38. The number of hydrogen-bond acceptors (Lipinski definition) is 4. The van der Waals surface area contributed by atoms with E-state index in [1.54, 1.807) is 0 Å². The third-order valence-electron chi connectivity index (χ3n) is 7.81. The molecule has 34 heavy (non-hydrogen) atoms. The van der Waals surface area contributed by atoms with Crippen molar-refractivity contribution in [3.63, 3.8) is 0 Å². The van der Waals surface area contributed by atoms with Crippen LogP contribution in [-0.4, -0.2) is 38.9 Å². The molecule has 0 saturated heterocycles. The summed E-state index contributed by atoms with van der Waals surface area (Å²) in [5.41, 5.74) is 0. The second-order valence-electron chi connectivity index (χ2n) is 10.5. The molecule has 0 aliphatic heterocycles. The van der Waals surface area contributed by atoms with Crippen LogP contribution in [0.15, 0.2) is 0 Å². The van der Waals surface area contributed by atoms with Crippen molar-refractivity contribution in [2.24, 2.45) is 0 Å². The SMILES string of the molecule is CCCCCCCCP(CC)(CCCCCCCC)(CCCCCCCC)OP(=O)(OC)OC. The van der Waals surface area contributed by atoms with Gasteiger partial charge in [0.25, 0.3) is 0 Å². The summed E-state index contributed by atoms with van der Waals surface area (Å²) in [6, 6.07) is 0. The van der Waals surface area contributed by atoms with Crippen molar-refractivity contribution in [3.8, 4) is 0 Å². The van der Waals surface area contributed by atoms with Gasteiger partial charge in [-0.25, -0.2) is 0 Å². The Morgan fingerprint density at radius 1 is 0.500 bits per heavy atom. The van der Waals surface area contributed by atoms with Crippen molar-refractivity contribution in [3.05, 3.63) is 0 Å². The Kier molecular flexibility index (Phi) is 20.9. The summed E-state index contributed by atoms with van der Waals surface area (Å²) in [6.07, 6.45) is 27.2. The molecule has 0 bridgehead atoms. The fourth-order valence-electron chi connectivity index (χ4n) is 5.29. The number of rotatable bonds is 26. The molecular weight excluding hydrogens is 462 g/mol. The van der Waals surface area contributed by atoms with Gasteiger partial charge in [-0.2, -0.15) is 0 Å². The minimum absolute atomic E-state index is 0.987. The van der Waals surface area contributed by atoms with Gasteiger partial charge in [0.1, 0.15) is 0 Å². The molecule has 0 aromatic carbocycles. The van der Waals surface area contributed by atoms with Crippen LogP contribution in [0.1, 0.15) is 143 Å². The Morgan fingerprint density at radius 3 is 1.06 bits per heavy atom. The van der Waals surface area contributed by atoms with Crippen LogP contribution < -0.4 is 0 Å². The monoisotopic (exact) mass is 524 g/mol. The Morgan fingerprint density at radius 2 is 0.794 bits per heavy atom. The standard InChI is InChI=1S/C28H62O4P2/c1-7-11-14-17-20-23-26-34(10-4,32-33(29,30-5)31-6,27-24-21-18-15-12-8-2)28-25-22-19-16-13-9-3/h7-28H2,1-6H3. The van der Waals surface area contributed by atoms with Gasteiger partial charge in [0.05, 0.1) is 0 Å². The summed E-state index contributed by atoms with van der Waals surface area (Å²) >= 11 is 0. The topological polar surface area (TPSA) is 44.8 Å². The van der Waals surface area contributed by atoms with Crippen LogP contribution >= 0.6 is 14.7 Å². The van der Waals surface area contributed by atoms with Crippen LogP contribution in [-0.2, 0) is 17.9 Å². The molecule has 208 valence electrons. The molecule has 0 unspecified atom stereocenters. The van der Waals surface area contributed by atoms with E-state index in [1.807, 2.05) is 0 Å². The van der Waals surface area contributed by atoms with E-state index in [0.717, 1.165) is 24.6 Å². The first kappa shape index (κ1) is 34.5. The molecule has 0 fully saturated rings. The number of phosphoric ester groups is 1. The molecule has 0 rings (SSSR count). The van der Waals surface area contributed by atoms with Crippen LogP contribution in [0.4, 0.5) is 0 Å². The van der Waals surface area contributed by atoms with Crippen LogP contribution in [0, 0.1) is 0 Å². The summed E-state index contributed by atoms with van der Waals surface area (Å²) in [7, 11) is -0.569. The Balaban J connectivity index is 5.56. The fraction of sp³-hybridized carbons (Fsp3) is 1.00. The van der Waals surface area contributed by atoms with E-state index in [9.17, 15) is 4.57 Å². The Bertz CT molecular complexity index is 461. The molecule has 0 amide bonds. The normalized spacial score (nSPS) is 13.8. The third-order valence-corrected chi connectivity index (χ3v) is 17.3. The molecule has 0 aromatic heterocycles. The van der Waals surface area contributed by atoms with E-state index >= 15 is 0 Å². The summed E-state index contributed by atoms with van der Waals surface area (Å²) in [4.78, 5) is 0. The zero-order valence-electron chi connectivity index (χ0n) is 24.1. The molecule has 6 heteroatoms. The van der Waals surface area contributed by atoms with E-state index in [2.05, 4.69) is 27.7 Å². The van der Waals surface area contributed by atoms with Gasteiger partial charge in [-0.15, -0.1) is 0 Å². The van der Waals surface area contributed by atoms with Crippen molar-refractivity contribution >= 4 is 14.7 Å². The molecule has 0 heterocycles. The van der Waals surface area contributed by atoms with Crippen LogP contribution in [0.25, 0.3) is 0 Å². The first-order valence-electron chi connectivity index (χ1n) is 14.8. The molecule has 0 radical (unpaired) electrons. The number of unbranched alkanes of at least 4 members (excludes halogenated alkanes) is 15. The van der Waals surface area contributed by atoms with Gasteiger partial charge >= 0.3 is 215 Å². The molecule has 0 spiro atoms. The first-order valence-corrected chi connectivity index (χ1v) is 19.2. The molecular formula is C28H62O4P2. The van der Waals surface area contributed by atoms with Crippen LogP contribution in [0.5, 0.6) is 0 Å². The molecule has 0 saturated carbocycles. The van der Waals surface area contributed by atoms with E-state index in [-0.39, 0.29) is 0 Å².